The van der Waals surface area contributed by atoms with Crippen LogP contribution in [0.2, 0.25) is 5.02 Å². The summed E-state index contributed by atoms with van der Waals surface area (Å²) in [4.78, 5) is 16.3. The van der Waals surface area contributed by atoms with Crippen LogP contribution in [0.25, 0.3) is 10.8 Å². The van der Waals surface area contributed by atoms with Crippen LogP contribution in [0.1, 0.15) is 5.69 Å². The van der Waals surface area contributed by atoms with Crippen molar-refractivity contribution >= 4 is 34.1 Å². The first-order chi connectivity index (χ1) is 10.7. The van der Waals surface area contributed by atoms with Gasteiger partial charge in [-0.1, -0.05) is 41.9 Å². The first-order valence-electron chi connectivity index (χ1n) is 6.85. The van der Waals surface area contributed by atoms with Crippen molar-refractivity contribution in [3.63, 3.8) is 0 Å². The molecule has 0 radical (unpaired) electrons. The van der Waals surface area contributed by atoms with Gasteiger partial charge < -0.3 is 10.6 Å². The minimum Gasteiger partial charge on any atom is -0.332 e. The Bertz CT molecular complexity index is 814. The summed E-state index contributed by atoms with van der Waals surface area (Å²) in [6.45, 7) is 0.355. The van der Waals surface area contributed by atoms with Crippen LogP contribution in [0.4, 0.5) is 10.5 Å². The summed E-state index contributed by atoms with van der Waals surface area (Å²) in [6, 6.07) is 16.6. The van der Waals surface area contributed by atoms with Gasteiger partial charge in [0, 0.05) is 22.3 Å². The van der Waals surface area contributed by atoms with Crippen molar-refractivity contribution in [2.24, 2.45) is 0 Å². The van der Waals surface area contributed by atoms with E-state index >= 15 is 0 Å². The monoisotopic (exact) mass is 311 g/mol. The quantitative estimate of drug-likeness (QED) is 0.761. The van der Waals surface area contributed by atoms with Gasteiger partial charge in [-0.2, -0.15) is 0 Å². The van der Waals surface area contributed by atoms with Gasteiger partial charge >= 0.3 is 6.03 Å². The molecule has 5 heteroatoms. The van der Waals surface area contributed by atoms with Crippen LogP contribution in [0, 0.1) is 0 Å². The molecule has 0 saturated carbocycles. The fourth-order valence-electron chi connectivity index (χ4n) is 2.23. The van der Waals surface area contributed by atoms with Gasteiger partial charge in [-0.25, -0.2) is 4.79 Å². The molecule has 2 N–H and O–H groups in total. The van der Waals surface area contributed by atoms with E-state index in [1.165, 1.54) is 0 Å². The summed E-state index contributed by atoms with van der Waals surface area (Å²) in [7, 11) is 0. The third-order valence-electron chi connectivity index (χ3n) is 3.26. The van der Waals surface area contributed by atoms with E-state index < -0.39 is 0 Å². The zero-order chi connectivity index (χ0) is 15.4. The smallest absolute Gasteiger partial charge is 0.319 e. The van der Waals surface area contributed by atoms with Crippen molar-refractivity contribution in [3.05, 3.63) is 71.5 Å². The van der Waals surface area contributed by atoms with Crippen LogP contribution in [-0.4, -0.2) is 11.0 Å². The van der Waals surface area contributed by atoms with Gasteiger partial charge in [0.15, 0.2) is 0 Å². The number of nitrogens with zero attached hydrogens (tertiary/aromatic N) is 1. The molecule has 0 fully saturated rings. The molecule has 0 bridgehead atoms. The van der Waals surface area contributed by atoms with Crippen LogP contribution in [-0.2, 0) is 6.54 Å². The highest BCUT2D eigenvalue weighted by molar-refractivity contribution is 6.30. The second-order valence-corrected chi connectivity index (χ2v) is 5.23. The van der Waals surface area contributed by atoms with E-state index in [4.69, 9.17) is 11.6 Å². The van der Waals surface area contributed by atoms with Crippen molar-refractivity contribution in [1.82, 2.24) is 10.3 Å². The lowest BCUT2D eigenvalue weighted by Crippen LogP contribution is -2.28. The molecule has 110 valence electrons. The number of amides is 2. The van der Waals surface area contributed by atoms with Crippen molar-refractivity contribution < 1.29 is 4.79 Å². The molecular formula is C17H14ClN3O. The van der Waals surface area contributed by atoms with Crippen LogP contribution in [0.15, 0.2) is 60.8 Å². The summed E-state index contributed by atoms with van der Waals surface area (Å²) in [6.07, 6.45) is 1.74. The van der Waals surface area contributed by atoms with E-state index in [2.05, 4.69) is 15.6 Å². The van der Waals surface area contributed by atoms with Gasteiger partial charge in [0.25, 0.3) is 0 Å². The Morgan fingerprint density at radius 3 is 2.82 bits per heavy atom. The molecule has 0 aliphatic rings. The Morgan fingerprint density at radius 2 is 1.95 bits per heavy atom. The topological polar surface area (TPSA) is 54.0 Å². The first-order valence-corrected chi connectivity index (χ1v) is 7.23. The highest BCUT2D eigenvalue weighted by Crippen LogP contribution is 2.17. The molecular weight excluding hydrogens is 298 g/mol. The third kappa shape index (κ3) is 3.35. The normalized spacial score (nSPS) is 10.4. The molecule has 0 aliphatic carbocycles. The number of hydrogen-bond acceptors (Lipinski definition) is 2. The van der Waals surface area contributed by atoms with Gasteiger partial charge in [-0.05, 0) is 29.7 Å². The fourth-order valence-corrected chi connectivity index (χ4v) is 2.42. The fraction of sp³-hybridized carbons (Fsp3) is 0.0588. The predicted octanol–water partition coefficient (Wildman–Crippen LogP) is 4.21. The van der Waals surface area contributed by atoms with Crippen LogP contribution >= 0.6 is 11.6 Å². The second-order valence-electron chi connectivity index (χ2n) is 4.80. The minimum atomic E-state index is -0.294. The average molecular weight is 312 g/mol. The molecule has 0 aliphatic heterocycles. The second kappa shape index (κ2) is 6.45. The summed E-state index contributed by atoms with van der Waals surface area (Å²) >= 11 is 5.88. The molecule has 0 spiro atoms. The highest BCUT2D eigenvalue weighted by atomic mass is 35.5. The Labute approximate surface area is 133 Å². The lowest BCUT2D eigenvalue weighted by Gasteiger charge is -2.09. The molecule has 4 nitrogen and oxygen atoms in total. The van der Waals surface area contributed by atoms with Crippen molar-refractivity contribution in [2.45, 2.75) is 6.54 Å². The maximum Gasteiger partial charge on any atom is 0.319 e. The van der Waals surface area contributed by atoms with Gasteiger partial charge in [0.05, 0.1) is 12.2 Å². The number of fused-ring (bicyclic) bond motifs is 1. The van der Waals surface area contributed by atoms with Crippen LogP contribution in [0.3, 0.4) is 0 Å². The number of hydrogen-bond donors (Lipinski definition) is 2. The minimum absolute atomic E-state index is 0.294. The number of nitrogens with one attached hydrogen (secondary N) is 2. The van der Waals surface area contributed by atoms with E-state index in [1.54, 1.807) is 30.5 Å². The average Bonchev–Trinajstić information content (AvgIpc) is 2.53. The molecule has 2 aromatic carbocycles. The summed E-state index contributed by atoms with van der Waals surface area (Å²) < 4.78 is 0. The van der Waals surface area contributed by atoms with Crippen LogP contribution < -0.4 is 10.6 Å². The number of carbonyl (C=O) groups is 1. The number of anilines is 1. The van der Waals surface area contributed by atoms with E-state index in [9.17, 15) is 4.79 Å². The summed E-state index contributed by atoms with van der Waals surface area (Å²) in [5, 5.41) is 8.26. The van der Waals surface area contributed by atoms with Gasteiger partial charge in [-0.3, -0.25) is 4.98 Å². The Balaban J connectivity index is 1.68. The number of halogens is 1. The third-order valence-corrected chi connectivity index (χ3v) is 3.49. The largest absolute Gasteiger partial charge is 0.332 e. The van der Waals surface area contributed by atoms with Gasteiger partial charge in [0.1, 0.15) is 0 Å². The van der Waals surface area contributed by atoms with E-state index in [0.717, 1.165) is 16.5 Å². The molecule has 1 aromatic heterocycles. The molecule has 1 heterocycles. The van der Waals surface area contributed by atoms with E-state index in [0.29, 0.717) is 17.3 Å². The summed E-state index contributed by atoms with van der Waals surface area (Å²) in [5.41, 5.74) is 1.48. The highest BCUT2D eigenvalue weighted by Gasteiger charge is 2.05. The predicted molar refractivity (Wildman–Crippen MR) is 89.1 cm³/mol. The molecule has 0 atom stereocenters. The SMILES string of the molecule is O=C(NCc1nccc2ccccc12)Nc1cccc(Cl)c1. The maximum atomic E-state index is 11.9. The molecule has 3 aromatic rings. The molecule has 3 rings (SSSR count). The van der Waals surface area contributed by atoms with Gasteiger partial charge in [-0.15, -0.1) is 0 Å². The van der Waals surface area contributed by atoms with Crippen molar-refractivity contribution in [3.8, 4) is 0 Å². The van der Waals surface area contributed by atoms with E-state index in [1.807, 2.05) is 30.3 Å². The Kier molecular flexibility index (Phi) is 4.21. The number of pyridine rings is 1. The van der Waals surface area contributed by atoms with Crippen molar-refractivity contribution in [2.75, 3.05) is 5.32 Å². The Hall–Kier alpha value is -2.59. The lowest BCUT2D eigenvalue weighted by molar-refractivity contribution is 0.251. The van der Waals surface area contributed by atoms with Gasteiger partial charge in [0.2, 0.25) is 0 Å². The number of carbonyl (C=O) groups excluding carboxylic acids is 1. The zero-order valence-electron chi connectivity index (χ0n) is 11.7. The molecule has 22 heavy (non-hydrogen) atoms. The van der Waals surface area contributed by atoms with Crippen molar-refractivity contribution in [1.29, 1.82) is 0 Å². The lowest BCUT2D eigenvalue weighted by atomic mass is 10.1. The van der Waals surface area contributed by atoms with Crippen LogP contribution in [0.5, 0.6) is 0 Å². The number of benzene rings is 2. The molecule has 0 saturated heterocycles. The molecule has 0 unspecified atom stereocenters. The van der Waals surface area contributed by atoms with E-state index in [-0.39, 0.29) is 6.03 Å². The standard InChI is InChI=1S/C17H14ClN3O/c18-13-5-3-6-14(10-13)21-17(22)20-11-16-15-7-2-1-4-12(15)8-9-19-16/h1-10H,11H2,(H2,20,21,22). The first kappa shape index (κ1) is 14.4. The number of rotatable bonds is 3. The zero-order valence-corrected chi connectivity index (χ0v) is 12.5. The molecule has 2 amide bonds. The Morgan fingerprint density at radius 1 is 1.09 bits per heavy atom. The summed E-state index contributed by atoms with van der Waals surface area (Å²) in [5.74, 6) is 0. The number of aromatic nitrogens is 1. The number of urea groups is 1. The maximum absolute atomic E-state index is 11.9.